The summed E-state index contributed by atoms with van der Waals surface area (Å²) < 4.78 is 13.7. The van der Waals surface area contributed by atoms with Gasteiger partial charge in [0.05, 0.1) is 6.54 Å². The van der Waals surface area contributed by atoms with Gasteiger partial charge in [-0.25, -0.2) is 9.48 Å². The number of aliphatic hydroxyl groups is 1. The molecular weight excluding hydrogens is 352 g/mol. The van der Waals surface area contributed by atoms with Gasteiger partial charge in [-0.1, -0.05) is 17.7 Å². The Labute approximate surface area is 165 Å². The molecule has 146 valence electrons. The van der Waals surface area contributed by atoms with Gasteiger partial charge in [-0.05, 0) is 56.5 Å². The van der Waals surface area contributed by atoms with Crippen molar-refractivity contribution in [2.75, 3.05) is 31.2 Å². The summed E-state index contributed by atoms with van der Waals surface area (Å²) in [5.74, 6) is 2.70. The summed E-state index contributed by atoms with van der Waals surface area (Å²) in [4.78, 5) is 2.29. The molecule has 0 bridgehead atoms. The summed E-state index contributed by atoms with van der Waals surface area (Å²) in [6.45, 7) is 4.60. The molecule has 3 aliphatic heterocycles. The molecule has 0 aliphatic carbocycles. The number of fused-ring (bicyclic) bond motifs is 1. The summed E-state index contributed by atoms with van der Waals surface area (Å²) >= 11 is 0. The van der Waals surface area contributed by atoms with E-state index in [2.05, 4.69) is 40.7 Å². The van der Waals surface area contributed by atoms with E-state index in [1.807, 2.05) is 18.2 Å². The Bertz CT molecular complexity index is 922. The maximum Gasteiger partial charge on any atom is 0.271 e. The number of anilines is 1. The van der Waals surface area contributed by atoms with Crippen LogP contribution in [0.4, 0.5) is 5.69 Å². The zero-order chi connectivity index (χ0) is 19.1. The van der Waals surface area contributed by atoms with E-state index in [0.29, 0.717) is 19.8 Å². The van der Waals surface area contributed by atoms with Crippen molar-refractivity contribution in [3.8, 4) is 11.5 Å². The number of nitrogens with zero attached hydrogens (tertiary/aromatic N) is 2. The van der Waals surface area contributed by atoms with Crippen molar-refractivity contribution in [2.45, 2.75) is 38.3 Å². The van der Waals surface area contributed by atoms with E-state index in [1.165, 1.54) is 17.8 Å². The minimum atomic E-state index is -1.07. The quantitative estimate of drug-likeness (QED) is 0.812. The predicted molar refractivity (Wildman–Crippen MR) is 108 cm³/mol. The summed E-state index contributed by atoms with van der Waals surface area (Å²) in [7, 11) is 0. The molecule has 1 unspecified atom stereocenters. The van der Waals surface area contributed by atoms with Crippen LogP contribution in [0.1, 0.15) is 36.8 Å². The molecule has 1 N–H and O–H groups in total. The first-order valence-corrected chi connectivity index (χ1v) is 10.3. The van der Waals surface area contributed by atoms with Gasteiger partial charge in [0.25, 0.3) is 11.6 Å². The second kappa shape index (κ2) is 6.82. The first-order valence-electron chi connectivity index (χ1n) is 10.3. The molecule has 0 fully saturated rings. The van der Waals surface area contributed by atoms with E-state index in [4.69, 9.17) is 9.47 Å². The fourth-order valence-corrected chi connectivity index (χ4v) is 4.57. The van der Waals surface area contributed by atoms with Crippen molar-refractivity contribution in [1.29, 1.82) is 0 Å². The lowest BCUT2D eigenvalue weighted by molar-refractivity contribution is -0.658. The summed E-state index contributed by atoms with van der Waals surface area (Å²) in [5, 5.41) is 11.9. The first-order chi connectivity index (χ1) is 13.6. The van der Waals surface area contributed by atoms with Gasteiger partial charge < -0.3 is 14.6 Å². The van der Waals surface area contributed by atoms with Crippen LogP contribution in [0.15, 0.2) is 42.5 Å². The smallest absolute Gasteiger partial charge is 0.271 e. The van der Waals surface area contributed by atoms with E-state index in [1.54, 1.807) is 0 Å². The Morgan fingerprint density at radius 2 is 1.75 bits per heavy atom. The highest BCUT2D eigenvalue weighted by atomic mass is 16.6. The van der Waals surface area contributed by atoms with Crippen LogP contribution in [-0.2, 0) is 5.72 Å². The molecule has 0 saturated heterocycles. The zero-order valence-corrected chi connectivity index (χ0v) is 16.4. The molecule has 1 atom stereocenters. The third-order valence-electron chi connectivity index (χ3n) is 6.08. The SMILES string of the molecule is Cc1ccc(N2CC(O)(c3ccc4c(c3)OCCO4)[N+]3=C2CCCCC3)cc1. The Morgan fingerprint density at radius 3 is 2.57 bits per heavy atom. The number of β-amino-alcohol motifs (C(OH)–C–C–N with tert-alkyl or cyclic N) is 1. The van der Waals surface area contributed by atoms with E-state index in [-0.39, 0.29) is 0 Å². The highest BCUT2D eigenvalue weighted by Crippen LogP contribution is 2.39. The Kier molecular flexibility index (Phi) is 4.27. The zero-order valence-electron chi connectivity index (χ0n) is 16.4. The van der Waals surface area contributed by atoms with E-state index < -0.39 is 5.72 Å². The fourth-order valence-electron chi connectivity index (χ4n) is 4.57. The molecule has 0 amide bonds. The van der Waals surface area contributed by atoms with Crippen LogP contribution in [0.25, 0.3) is 0 Å². The van der Waals surface area contributed by atoms with E-state index >= 15 is 0 Å². The normalized spacial score (nSPS) is 24.1. The van der Waals surface area contributed by atoms with Gasteiger partial charge >= 0.3 is 0 Å². The number of ether oxygens (including phenoxy) is 2. The average Bonchev–Trinajstić information content (AvgIpc) is 2.87. The molecule has 2 aromatic rings. The van der Waals surface area contributed by atoms with Gasteiger partial charge in [-0.2, -0.15) is 0 Å². The van der Waals surface area contributed by atoms with Gasteiger partial charge in [0.2, 0.25) is 0 Å². The number of aryl methyl sites for hydroxylation is 1. The molecule has 5 heteroatoms. The molecule has 3 heterocycles. The number of hydrogen-bond donors (Lipinski definition) is 1. The second-order valence-corrected chi connectivity index (χ2v) is 7.98. The largest absolute Gasteiger partial charge is 0.486 e. The van der Waals surface area contributed by atoms with Crippen molar-refractivity contribution < 1.29 is 19.2 Å². The van der Waals surface area contributed by atoms with Crippen LogP contribution in [0, 0.1) is 6.92 Å². The molecule has 0 radical (unpaired) electrons. The number of hydrogen-bond acceptors (Lipinski definition) is 4. The Balaban J connectivity index is 1.58. The first kappa shape index (κ1) is 17.6. The van der Waals surface area contributed by atoms with Crippen molar-refractivity contribution >= 4 is 11.5 Å². The average molecular weight is 379 g/mol. The molecular formula is C23H27N2O3+. The molecule has 0 spiro atoms. The van der Waals surface area contributed by atoms with Crippen molar-refractivity contribution in [3.63, 3.8) is 0 Å². The minimum Gasteiger partial charge on any atom is -0.486 e. The van der Waals surface area contributed by atoms with Crippen molar-refractivity contribution in [2.24, 2.45) is 0 Å². The fraction of sp³-hybridized carbons (Fsp3) is 0.435. The second-order valence-electron chi connectivity index (χ2n) is 7.98. The van der Waals surface area contributed by atoms with Gasteiger partial charge in [0, 0.05) is 12.0 Å². The van der Waals surface area contributed by atoms with Gasteiger partial charge in [0.15, 0.2) is 18.0 Å². The topological polar surface area (TPSA) is 44.9 Å². The van der Waals surface area contributed by atoms with Crippen molar-refractivity contribution in [1.82, 2.24) is 0 Å². The van der Waals surface area contributed by atoms with E-state index in [9.17, 15) is 5.11 Å². The highest BCUT2D eigenvalue weighted by molar-refractivity contribution is 5.95. The Hall–Kier alpha value is -2.53. The minimum absolute atomic E-state index is 0.519. The number of rotatable bonds is 2. The summed E-state index contributed by atoms with van der Waals surface area (Å²) in [5.41, 5.74) is 2.18. The lowest BCUT2D eigenvalue weighted by atomic mass is 10.0. The van der Waals surface area contributed by atoms with E-state index in [0.717, 1.165) is 48.6 Å². The third kappa shape index (κ3) is 2.85. The molecule has 5 nitrogen and oxygen atoms in total. The molecule has 5 rings (SSSR count). The molecule has 0 aromatic heterocycles. The molecule has 2 aromatic carbocycles. The molecule has 3 aliphatic rings. The Morgan fingerprint density at radius 1 is 0.964 bits per heavy atom. The molecule has 28 heavy (non-hydrogen) atoms. The van der Waals surface area contributed by atoms with Gasteiger partial charge in [-0.3, -0.25) is 0 Å². The van der Waals surface area contributed by atoms with Crippen LogP contribution in [0.3, 0.4) is 0 Å². The maximum atomic E-state index is 11.9. The van der Waals surface area contributed by atoms with Crippen LogP contribution in [0.5, 0.6) is 11.5 Å². The van der Waals surface area contributed by atoms with Crippen LogP contribution >= 0.6 is 0 Å². The predicted octanol–water partition coefficient (Wildman–Crippen LogP) is 3.42. The molecule has 0 saturated carbocycles. The third-order valence-corrected chi connectivity index (χ3v) is 6.08. The van der Waals surface area contributed by atoms with Crippen LogP contribution < -0.4 is 14.4 Å². The maximum absolute atomic E-state index is 11.9. The monoisotopic (exact) mass is 379 g/mol. The van der Waals surface area contributed by atoms with Crippen molar-refractivity contribution in [3.05, 3.63) is 53.6 Å². The van der Waals surface area contributed by atoms with Crippen LogP contribution in [-0.4, -0.2) is 41.8 Å². The summed E-state index contributed by atoms with van der Waals surface area (Å²) in [6.07, 6.45) is 4.43. The van der Waals surface area contributed by atoms with Gasteiger partial charge in [0.1, 0.15) is 18.9 Å². The van der Waals surface area contributed by atoms with Gasteiger partial charge in [-0.15, -0.1) is 0 Å². The lowest BCUT2D eigenvalue weighted by Gasteiger charge is -2.26. The highest BCUT2D eigenvalue weighted by Gasteiger charge is 2.52. The number of benzene rings is 2. The standard InChI is InChI=1S/C23H27N2O3/c1-17-6-9-19(10-7-17)24-16-23(26,25-12-4-2-3-5-22(24)25)18-8-11-20-21(15-18)28-14-13-27-20/h6-11,15,26H,2-5,12-14,16H2,1H3/q+1. The van der Waals surface area contributed by atoms with Crippen LogP contribution in [0.2, 0.25) is 0 Å². The number of amidine groups is 1. The lowest BCUT2D eigenvalue weighted by Crippen LogP contribution is -2.41. The summed E-state index contributed by atoms with van der Waals surface area (Å²) in [6, 6.07) is 14.4.